The summed E-state index contributed by atoms with van der Waals surface area (Å²) in [5.74, 6) is -0.264. The van der Waals surface area contributed by atoms with Crippen LogP contribution < -0.4 is 5.01 Å². The molecule has 1 atom stereocenters. The third kappa shape index (κ3) is 2.83. The molecule has 5 heteroatoms. The summed E-state index contributed by atoms with van der Waals surface area (Å²) >= 11 is 7.64. The van der Waals surface area contributed by atoms with Crippen LogP contribution in [0.25, 0.3) is 0 Å². The molecule has 24 heavy (non-hydrogen) atoms. The summed E-state index contributed by atoms with van der Waals surface area (Å²) in [5.41, 5.74) is 2.45. The highest BCUT2D eigenvalue weighted by atomic mass is 35.5. The summed E-state index contributed by atoms with van der Waals surface area (Å²) in [6.07, 6.45) is 0.733. The van der Waals surface area contributed by atoms with Crippen LogP contribution in [0.2, 0.25) is 5.02 Å². The van der Waals surface area contributed by atoms with Crippen LogP contribution in [0.15, 0.2) is 71.1 Å². The standard InChI is InChI=1S/C19H14ClFN2S/c20-14-9-7-13(8-10-14)16-12-18(19-6-3-11-24-19)23(22-16)17-5-2-1-4-15(17)21/h1-11,18H,12H2/t18-/m0/s1. The second-order valence-corrected chi connectivity index (χ2v) is 7.00. The van der Waals surface area contributed by atoms with Gasteiger partial charge in [-0.2, -0.15) is 5.10 Å². The quantitative estimate of drug-likeness (QED) is 0.570. The molecule has 1 aliphatic heterocycles. The van der Waals surface area contributed by atoms with E-state index in [-0.39, 0.29) is 11.9 Å². The van der Waals surface area contributed by atoms with Crippen LogP contribution in [0, 0.1) is 5.82 Å². The predicted octanol–water partition coefficient (Wildman–Crippen LogP) is 5.90. The van der Waals surface area contributed by atoms with Gasteiger partial charge in [-0.25, -0.2) is 4.39 Å². The van der Waals surface area contributed by atoms with Gasteiger partial charge in [0.25, 0.3) is 0 Å². The Balaban J connectivity index is 1.77. The van der Waals surface area contributed by atoms with Crippen LogP contribution >= 0.6 is 22.9 Å². The van der Waals surface area contributed by atoms with Crippen LogP contribution in [0.3, 0.4) is 0 Å². The van der Waals surface area contributed by atoms with E-state index < -0.39 is 0 Å². The van der Waals surface area contributed by atoms with Gasteiger partial charge < -0.3 is 0 Å². The maximum atomic E-state index is 14.3. The minimum atomic E-state index is -0.264. The van der Waals surface area contributed by atoms with Gasteiger partial charge in [0.1, 0.15) is 5.82 Å². The molecule has 120 valence electrons. The lowest BCUT2D eigenvalue weighted by molar-refractivity contribution is 0.608. The maximum Gasteiger partial charge on any atom is 0.148 e. The zero-order valence-electron chi connectivity index (χ0n) is 12.7. The molecule has 4 rings (SSSR count). The Labute approximate surface area is 148 Å². The van der Waals surface area contributed by atoms with Crippen molar-refractivity contribution in [1.82, 2.24) is 0 Å². The molecule has 0 fully saturated rings. The minimum Gasteiger partial charge on any atom is -0.254 e. The molecule has 0 saturated carbocycles. The number of nitrogens with zero attached hydrogens (tertiary/aromatic N) is 2. The van der Waals surface area contributed by atoms with Crippen molar-refractivity contribution < 1.29 is 4.39 Å². The van der Waals surface area contributed by atoms with Gasteiger partial charge in [-0.1, -0.05) is 41.9 Å². The molecule has 3 aromatic rings. The van der Waals surface area contributed by atoms with Crippen molar-refractivity contribution in [3.8, 4) is 0 Å². The fraction of sp³-hybridized carbons (Fsp3) is 0.105. The highest BCUT2D eigenvalue weighted by Crippen LogP contribution is 2.39. The number of anilines is 1. The van der Waals surface area contributed by atoms with E-state index in [1.54, 1.807) is 28.5 Å². The smallest absolute Gasteiger partial charge is 0.148 e. The number of hydrogen-bond donors (Lipinski definition) is 0. The Hall–Kier alpha value is -2.17. The molecule has 1 aromatic heterocycles. The van der Waals surface area contributed by atoms with Crippen molar-refractivity contribution in [2.45, 2.75) is 12.5 Å². The summed E-state index contributed by atoms with van der Waals surface area (Å²) in [6.45, 7) is 0. The average Bonchev–Trinajstić information content (AvgIpc) is 3.25. The number of para-hydroxylation sites is 1. The molecule has 0 radical (unpaired) electrons. The fourth-order valence-corrected chi connectivity index (χ4v) is 3.83. The van der Waals surface area contributed by atoms with Crippen molar-refractivity contribution >= 4 is 34.3 Å². The van der Waals surface area contributed by atoms with Crippen molar-refractivity contribution in [3.05, 3.63) is 87.3 Å². The Morgan fingerprint density at radius 1 is 1.04 bits per heavy atom. The van der Waals surface area contributed by atoms with Gasteiger partial charge in [-0.15, -0.1) is 11.3 Å². The van der Waals surface area contributed by atoms with Crippen LogP contribution in [0.5, 0.6) is 0 Å². The summed E-state index contributed by atoms with van der Waals surface area (Å²) in [4.78, 5) is 1.17. The molecule has 0 saturated heterocycles. The van der Waals surface area contributed by atoms with Crippen molar-refractivity contribution in [1.29, 1.82) is 0 Å². The van der Waals surface area contributed by atoms with Gasteiger partial charge >= 0.3 is 0 Å². The Bertz CT molecular complexity index is 875. The molecule has 2 aromatic carbocycles. The first-order valence-electron chi connectivity index (χ1n) is 7.63. The fourth-order valence-electron chi connectivity index (χ4n) is 2.89. The van der Waals surface area contributed by atoms with Gasteiger partial charge in [0.15, 0.2) is 0 Å². The van der Waals surface area contributed by atoms with E-state index in [1.807, 2.05) is 41.8 Å². The lowest BCUT2D eigenvalue weighted by Gasteiger charge is -2.22. The third-order valence-corrected chi connectivity index (χ3v) is 5.28. The summed E-state index contributed by atoms with van der Waals surface area (Å²) < 4.78 is 14.3. The molecule has 0 N–H and O–H groups in total. The molecule has 0 aliphatic carbocycles. The van der Waals surface area contributed by atoms with E-state index in [2.05, 4.69) is 6.07 Å². The molecule has 0 amide bonds. The molecule has 2 nitrogen and oxygen atoms in total. The second kappa shape index (κ2) is 6.38. The number of halogens is 2. The zero-order chi connectivity index (χ0) is 16.5. The van der Waals surface area contributed by atoms with E-state index in [0.29, 0.717) is 10.7 Å². The molecule has 0 spiro atoms. The largest absolute Gasteiger partial charge is 0.254 e. The number of hydrogen-bond acceptors (Lipinski definition) is 3. The number of thiophene rings is 1. The van der Waals surface area contributed by atoms with Crippen LogP contribution in [0.4, 0.5) is 10.1 Å². The first kappa shape index (κ1) is 15.4. The molecular formula is C19H14ClFN2S. The summed E-state index contributed by atoms with van der Waals surface area (Å²) in [5, 5.41) is 9.26. The van der Waals surface area contributed by atoms with Crippen LogP contribution in [-0.2, 0) is 0 Å². The molecule has 0 unspecified atom stereocenters. The number of hydrazone groups is 1. The second-order valence-electron chi connectivity index (χ2n) is 5.58. The zero-order valence-corrected chi connectivity index (χ0v) is 14.3. The SMILES string of the molecule is Fc1ccccc1N1N=C(c2ccc(Cl)cc2)C[C@H]1c1cccs1. The minimum absolute atomic E-state index is 0.00702. The van der Waals surface area contributed by atoms with Gasteiger partial charge in [0.05, 0.1) is 17.4 Å². The van der Waals surface area contributed by atoms with Crippen molar-refractivity contribution in [2.75, 3.05) is 5.01 Å². The van der Waals surface area contributed by atoms with E-state index in [4.69, 9.17) is 16.7 Å². The summed E-state index contributed by atoms with van der Waals surface area (Å²) in [6, 6.07) is 18.5. The summed E-state index contributed by atoms with van der Waals surface area (Å²) in [7, 11) is 0. The van der Waals surface area contributed by atoms with E-state index in [9.17, 15) is 4.39 Å². The topological polar surface area (TPSA) is 15.6 Å². The van der Waals surface area contributed by atoms with Gasteiger partial charge in [-0.05, 0) is 41.3 Å². The highest BCUT2D eigenvalue weighted by molar-refractivity contribution is 7.10. The predicted molar refractivity (Wildman–Crippen MR) is 98.5 cm³/mol. The average molecular weight is 357 g/mol. The third-order valence-electron chi connectivity index (χ3n) is 4.06. The van der Waals surface area contributed by atoms with Crippen LogP contribution in [-0.4, -0.2) is 5.71 Å². The first-order valence-corrected chi connectivity index (χ1v) is 8.89. The molecule has 2 heterocycles. The molecular weight excluding hydrogens is 343 g/mol. The van der Waals surface area contributed by atoms with E-state index in [1.165, 1.54) is 10.9 Å². The number of benzene rings is 2. The lowest BCUT2D eigenvalue weighted by atomic mass is 10.0. The Morgan fingerprint density at radius 3 is 2.54 bits per heavy atom. The first-order chi connectivity index (χ1) is 11.7. The van der Waals surface area contributed by atoms with Crippen LogP contribution in [0.1, 0.15) is 22.9 Å². The Morgan fingerprint density at radius 2 is 1.83 bits per heavy atom. The van der Waals surface area contributed by atoms with E-state index in [0.717, 1.165) is 17.7 Å². The van der Waals surface area contributed by atoms with E-state index >= 15 is 0 Å². The molecule has 1 aliphatic rings. The van der Waals surface area contributed by atoms with Gasteiger partial charge in [-0.3, -0.25) is 5.01 Å². The molecule has 0 bridgehead atoms. The van der Waals surface area contributed by atoms with Gasteiger partial charge in [0.2, 0.25) is 0 Å². The van der Waals surface area contributed by atoms with Crippen molar-refractivity contribution in [2.24, 2.45) is 5.10 Å². The monoisotopic (exact) mass is 356 g/mol. The number of rotatable bonds is 3. The lowest BCUT2D eigenvalue weighted by Crippen LogP contribution is -2.18. The highest BCUT2D eigenvalue weighted by Gasteiger charge is 2.31. The Kier molecular flexibility index (Phi) is 4.08. The maximum absolute atomic E-state index is 14.3. The normalized spacial score (nSPS) is 17.2. The van der Waals surface area contributed by atoms with Crippen molar-refractivity contribution in [3.63, 3.8) is 0 Å². The van der Waals surface area contributed by atoms with Gasteiger partial charge in [0, 0.05) is 16.3 Å².